The van der Waals surface area contributed by atoms with Gasteiger partial charge in [0.1, 0.15) is 5.76 Å². The Morgan fingerprint density at radius 2 is 1.66 bits per heavy atom. The third-order valence-electron chi connectivity index (χ3n) is 5.30. The fourth-order valence-corrected chi connectivity index (χ4v) is 3.94. The highest BCUT2D eigenvalue weighted by atomic mass is 79.9. The zero-order valence-corrected chi connectivity index (χ0v) is 18.4. The van der Waals surface area contributed by atoms with Crippen LogP contribution in [0.15, 0.2) is 58.6 Å². The lowest BCUT2D eigenvalue weighted by Gasteiger charge is -2.25. The molecule has 1 amide bonds. The minimum atomic E-state index is -0.619. The predicted molar refractivity (Wildman–Crippen MR) is 118 cm³/mol. The molecule has 0 aliphatic carbocycles. The lowest BCUT2D eigenvalue weighted by Crippen LogP contribution is -2.30. The Bertz CT molecular complexity index is 916. The van der Waals surface area contributed by atoms with E-state index in [2.05, 4.69) is 22.9 Å². The number of rotatable bonds is 7. The molecule has 0 radical (unpaired) electrons. The van der Waals surface area contributed by atoms with Crippen LogP contribution in [0.2, 0.25) is 0 Å². The van der Waals surface area contributed by atoms with Gasteiger partial charge >= 0.3 is 0 Å². The second-order valence-electron chi connectivity index (χ2n) is 7.47. The van der Waals surface area contributed by atoms with Gasteiger partial charge in [0.05, 0.1) is 11.6 Å². The first-order valence-corrected chi connectivity index (χ1v) is 10.8. The Morgan fingerprint density at radius 1 is 1.00 bits per heavy atom. The number of aliphatic hydroxyl groups excluding tert-OH is 1. The molecule has 4 nitrogen and oxygen atoms in total. The Kier molecular flexibility index (Phi) is 6.91. The van der Waals surface area contributed by atoms with E-state index in [4.69, 9.17) is 0 Å². The summed E-state index contributed by atoms with van der Waals surface area (Å²) < 4.78 is 0.916. The molecular weight excluding hydrogens is 430 g/mol. The summed E-state index contributed by atoms with van der Waals surface area (Å²) in [6.45, 7) is 4.59. The van der Waals surface area contributed by atoms with Crippen molar-refractivity contribution in [2.24, 2.45) is 0 Å². The van der Waals surface area contributed by atoms with Gasteiger partial charge in [0.2, 0.25) is 0 Å². The van der Waals surface area contributed by atoms with Crippen molar-refractivity contribution in [3.05, 3.63) is 75.3 Å². The number of halogens is 1. The van der Waals surface area contributed by atoms with Crippen LogP contribution in [-0.4, -0.2) is 28.2 Å². The zero-order chi connectivity index (χ0) is 21.0. The SMILES string of the molecule is CCCCCCN1C(=O)C(=O)C(=C(O)c2ccc(C)cc2)[C@H]1c1ccc(Br)cc1. The van der Waals surface area contributed by atoms with Crippen LogP contribution in [0.1, 0.15) is 55.3 Å². The van der Waals surface area contributed by atoms with Gasteiger partial charge in [-0.25, -0.2) is 0 Å². The highest BCUT2D eigenvalue weighted by molar-refractivity contribution is 9.10. The number of aryl methyl sites for hydroxylation is 1. The van der Waals surface area contributed by atoms with Gasteiger partial charge in [0.15, 0.2) is 0 Å². The molecule has 0 unspecified atom stereocenters. The normalized spacial score (nSPS) is 18.4. The van der Waals surface area contributed by atoms with Gasteiger partial charge in [-0.15, -0.1) is 0 Å². The number of amides is 1. The van der Waals surface area contributed by atoms with Crippen molar-refractivity contribution in [1.82, 2.24) is 4.90 Å². The van der Waals surface area contributed by atoms with E-state index in [1.165, 1.54) is 0 Å². The van der Waals surface area contributed by atoms with E-state index in [0.29, 0.717) is 12.1 Å². The minimum Gasteiger partial charge on any atom is -0.507 e. The Hall–Kier alpha value is -2.40. The van der Waals surface area contributed by atoms with Gasteiger partial charge in [-0.2, -0.15) is 0 Å². The topological polar surface area (TPSA) is 57.6 Å². The van der Waals surface area contributed by atoms with E-state index in [1.807, 2.05) is 43.3 Å². The molecule has 0 bridgehead atoms. The summed E-state index contributed by atoms with van der Waals surface area (Å²) in [6.07, 6.45) is 4.03. The molecule has 1 N–H and O–H groups in total. The van der Waals surface area contributed by atoms with Gasteiger partial charge in [-0.3, -0.25) is 9.59 Å². The van der Waals surface area contributed by atoms with E-state index in [0.717, 1.165) is 41.3 Å². The molecule has 5 heteroatoms. The number of benzene rings is 2. The number of likely N-dealkylation sites (tertiary alicyclic amines) is 1. The molecule has 1 saturated heterocycles. The molecule has 0 aromatic heterocycles. The fraction of sp³-hybridized carbons (Fsp3) is 0.333. The zero-order valence-electron chi connectivity index (χ0n) is 16.8. The van der Waals surface area contributed by atoms with E-state index < -0.39 is 17.7 Å². The number of ketones is 1. The Morgan fingerprint density at radius 3 is 2.28 bits per heavy atom. The summed E-state index contributed by atoms with van der Waals surface area (Å²) in [5, 5.41) is 11.0. The van der Waals surface area contributed by atoms with Crippen LogP contribution in [0.5, 0.6) is 0 Å². The summed E-state index contributed by atoms with van der Waals surface area (Å²) in [5.74, 6) is -1.28. The molecule has 1 atom stereocenters. The quantitative estimate of drug-likeness (QED) is 0.250. The van der Waals surface area contributed by atoms with Crippen molar-refractivity contribution in [2.75, 3.05) is 6.54 Å². The minimum absolute atomic E-state index is 0.118. The molecule has 3 rings (SSSR count). The fourth-order valence-electron chi connectivity index (χ4n) is 3.68. The standard InChI is InChI=1S/C24H26BrNO3/c1-3-4-5-6-15-26-21(17-11-13-19(25)14-12-17)20(23(28)24(26)29)22(27)18-9-7-16(2)8-10-18/h7-14,21,27H,3-6,15H2,1-2H3/t21-/m1/s1. The van der Waals surface area contributed by atoms with Crippen LogP contribution in [0, 0.1) is 6.92 Å². The van der Waals surface area contributed by atoms with Crippen molar-refractivity contribution in [3.63, 3.8) is 0 Å². The molecular formula is C24H26BrNO3. The van der Waals surface area contributed by atoms with Crippen molar-refractivity contribution in [2.45, 2.75) is 45.6 Å². The van der Waals surface area contributed by atoms with E-state index in [-0.39, 0.29) is 11.3 Å². The molecule has 1 heterocycles. The van der Waals surface area contributed by atoms with Crippen LogP contribution in [0.4, 0.5) is 0 Å². The largest absolute Gasteiger partial charge is 0.507 e. The molecule has 1 aliphatic heterocycles. The number of hydrogen-bond acceptors (Lipinski definition) is 3. The van der Waals surface area contributed by atoms with Gasteiger partial charge in [-0.05, 0) is 31.0 Å². The predicted octanol–water partition coefficient (Wildman–Crippen LogP) is 5.76. The molecule has 0 saturated carbocycles. The highest BCUT2D eigenvalue weighted by Crippen LogP contribution is 2.39. The molecule has 1 aliphatic rings. The average Bonchev–Trinajstić information content (AvgIpc) is 2.96. The van der Waals surface area contributed by atoms with Crippen LogP contribution in [-0.2, 0) is 9.59 Å². The van der Waals surface area contributed by atoms with Crippen molar-refractivity contribution in [3.8, 4) is 0 Å². The number of Topliss-reactive ketones (excluding diaryl/α,β-unsaturated/α-hetero) is 1. The van der Waals surface area contributed by atoms with Gasteiger partial charge < -0.3 is 10.0 Å². The van der Waals surface area contributed by atoms with E-state index in [9.17, 15) is 14.7 Å². The summed E-state index contributed by atoms with van der Waals surface area (Å²) in [5.41, 5.74) is 2.58. The lowest BCUT2D eigenvalue weighted by atomic mass is 9.95. The van der Waals surface area contributed by atoms with Crippen LogP contribution >= 0.6 is 15.9 Å². The van der Waals surface area contributed by atoms with E-state index >= 15 is 0 Å². The Labute approximate surface area is 180 Å². The molecule has 29 heavy (non-hydrogen) atoms. The van der Waals surface area contributed by atoms with Crippen molar-refractivity contribution < 1.29 is 14.7 Å². The first-order chi connectivity index (χ1) is 13.9. The molecule has 2 aromatic rings. The summed E-state index contributed by atoms with van der Waals surface area (Å²) in [4.78, 5) is 27.4. The summed E-state index contributed by atoms with van der Waals surface area (Å²) in [7, 11) is 0. The van der Waals surface area contributed by atoms with Crippen molar-refractivity contribution >= 4 is 33.4 Å². The van der Waals surface area contributed by atoms with Gasteiger partial charge in [0, 0.05) is 16.6 Å². The third-order valence-corrected chi connectivity index (χ3v) is 5.83. The maximum Gasteiger partial charge on any atom is 0.295 e. The van der Waals surface area contributed by atoms with Crippen LogP contribution in [0.3, 0.4) is 0 Å². The first kappa shape index (κ1) is 21.3. The number of aliphatic hydroxyl groups is 1. The number of nitrogens with zero attached hydrogens (tertiary/aromatic N) is 1. The molecule has 1 fully saturated rings. The lowest BCUT2D eigenvalue weighted by molar-refractivity contribution is -0.139. The van der Waals surface area contributed by atoms with Crippen molar-refractivity contribution in [1.29, 1.82) is 0 Å². The highest BCUT2D eigenvalue weighted by Gasteiger charge is 2.45. The average molecular weight is 456 g/mol. The van der Waals surface area contributed by atoms with E-state index in [1.54, 1.807) is 17.0 Å². The van der Waals surface area contributed by atoms with Gasteiger partial charge in [0.25, 0.3) is 11.7 Å². The second-order valence-corrected chi connectivity index (χ2v) is 8.39. The first-order valence-electron chi connectivity index (χ1n) is 10.0. The Balaban J connectivity index is 2.05. The molecule has 152 valence electrons. The summed E-state index contributed by atoms with van der Waals surface area (Å²) in [6, 6.07) is 14.3. The number of hydrogen-bond donors (Lipinski definition) is 1. The smallest absolute Gasteiger partial charge is 0.295 e. The maximum atomic E-state index is 12.9. The molecule has 0 spiro atoms. The van der Waals surface area contributed by atoms with Gasteiger partial charge in [-0.1, -0.05) is 84.1 Å². The summed E-state index contributed by atoms with van der Waals surface area (Å²) >= 11 is 3.43. The number of unbranched alkanes of at least 4 members (excludes halogenated alkanes) is 3. The number of carbonyl (C=O) groups is 2. The second kappa shape index (κ2) is 9.40. The third kappa shape index (κ3) is 4.61. The molecule has 2 aromatic carbocycles. The maximum absolute atomic E-state index is 12.9. The monoisotopic (exact) mass is 455 g/mol. The number of carbonyl (C=O) groups excluding carboxylic acids is 2. The van der Waals surface area contributed by atoms with Crippen LogP contribution in [0.25, 0.3) is 5.76 Å². The van der Waals surface area contributed by atoms with Crippen LogP contribution < -0.4 is 0 Å².